The molecule has 1 heterocycles. The fourth-order valence-electron chi connectivity index (χ4n) is 2.41. The third-order valence-electron chi connectivity index (χ3n) is 3.79. The number of ether oxygens (including phenoxy) is 2. The van der Waals surface area contributed by atoms with Crippen LogP contribution in [-0.2, 0) is 0 Å². The Balaban J connectivity index is 1.59. The summed E-state index contributed by atoms with van der Waals surface area (Å²) in [6, 6.07) is 16.0. The standard InChI is InChI=1S/C19H17NO2S/c1-21-14-4-9-17-18(12-14)20-11-10-19(17)22-13-2-5-15(6-3-13)23-16-7-8-16/h2-6,9-12,16H,7-8H2,1H3. The topological polar surface area (TPSA) is 31.4 Å². The van der Waals surface area contributed by atoms with Crippen molar-refractivity contribution in [2.75, 3.05) is 7.11 Å². The Morgan fingerprint density at radius 2 is 1.78 bits per heavy atom. The van der Waals surface area contributed by atoms with Gasteiger partial charge in [0, 0.05) is 27.8 Å². The number of methoxy groups -OCH3 is 1. The Morgan fingerprint density at radius 1 is 1.00 bits per heavy atom. The van der Waals surface area contributed by atoms with E-state index in [1.54, 1.807) is 13.3 Å². The summed E-state index contributed by atoms with van der Waals surface area (Å²) in [6.45, 7) is 0. The minimum Gasteiger partial charge on any atom is -0.497 e. The highest BCUT2D eigenvalue weighted by Crippen LogP contribution is 2.39. The molecule has 1 aliphatic carbocycles. The number of benzene rings is 2. The predicted molar refractivity (Wildman–Crippen MR) is 93.7 cm³/mol. The lowest BCUT2D eigenvalue weighted by atomic mass is 10.2. The highest BCUT2D eigenvalue weighted by molar-refractivity contribution is 8.00. The number of fused-ring (bicyclic) bond motifs is 1. The molecular weight excluding hydrogens is 306 g/mol. The van der Waals surface area contributed by atoms with Crippen molar-refractivity contribution < 1.29 is 9.47 Å². The minimum atomic E-state index is 0.795. The molecule has 23 heavy (non-hydrogen) atoms. The second-order valence-electron chi connectivity index (χ2n) is 5.58. The highest BCUT2D eigenvalue weighted by Gasteiger charge is 2.22. The van der Waals surface area contributed by atoms with Gasteiger partial charge in [-0.15, -0.1) is 11.8 Å². The van der Waals surface area contributed by atoms with E-state index in [9.17, 15) is 0 Å². The van der Waals surface area contributed by atoms with Crippen LogP contribution < -0.4 is 9.47 Å². The van der Waals surface area contributed by atoms with Gasteiger partial charge in [0.25, 0.3) is 0 Å². The molecule has 0 spiro atoms. The number of hydrogen-bond acceptors (Lipinski definition) is 4. The lowest BCUT2D eigenvalue weighted by Crippen LogP contribution is -1.89. The van der Waals surface area contributed by atoms with E-state index in [0.29, 0.717) is 0 Å². The number of aromatic nitrogens is 1. The van der Waals surface area contributed by atoms with Crippen molar-refractivity contribution in [3.05, 3.63) is 54.7 Å². The van der Waals surface area contributed by atoms with Crippen LogP contribution in [0.1, 0.15) is 12.8 Å². The zero-order valence-corrected chi connectivity index (χ0v) is 13.7. The third kappa shape index (κ3) is 3.27. The molecule has 2 aromatic carbocycles. The van der Waals surface area contributed by atoms with Crippen LogP contribution in [0.2, 0.25) is 0 Å². The Bertz CT molecular complexity index is 828. The number of hydrogen-bond donors (Lipinski definition) is 0. The van der Waals surface area contributed by atoms with E-state index < -0.39 is 0 Å². The second-order valence-corrected chi connectivity index (χ2v) is 6.96. The van der Waals surface area contributed by atoms with Gasteiger partial charge >= 0.3 is 0 Å². The van der Waals surface area contributed by atoms with E-state index in [1.165, 1.54) is 17.7 Å². The lowest BCUT2D eigenvalue weighted by molar-refractivity contribution is 0.415. The van der Waals surface area contributed by atoms with Crippen LogP contribution in [0.5, 0.6) is 17.2 Å². The van der Waals surface area contributed by atoms with Crippen molar-refractivity contribution in [1.29, 1.82) is 0 Å². The molecule has 0 atom stereocenters. The van der Waals surface area contributed by atoms with Crippen molar-refractivity contribution in [3.8, 4) is 17.2 Å². The van der Waals surface area contributed by atoms with Crippen LogP contribution in [0, 0.1) is 0 Å². The SMILES string of the molecule is COc1ccc2c(Oc3ccc(SC4CC4)cc3)ccnc2c1. The van der Waals surface area contributed by atoms with Gasteiger partial charge in [0.1, 0.15) is 17.2 Å². The average molecular weight is 323 g/mol. The summed E-state index contributed by atoms with van der Waals surface area (Å²) in [5.74, 6) is 2.44. The Morgan fingerprint density at radius 3 is 2.52 bits per heavy atom. The van der Waals surface area contributed by atoms with E-state index in [1.807, 2.05) is 48.2 Å². The van der Waals surface area contributed by atoms with Crippen LogP contribution in [0.3, 0.4) is 0 Å². The maximum Gasteiger partial charge on any atom is 0.138 e. The Kier molecular flexibility index (Phi) is 3.83. The van der Waals surface area contributed by atoms with Crippen molar-refractivity contribution in [2.24, 2.45) is 0 Å². The number of nitrogens with zero attached hydrogens (tertiary/aromatic N) is 1. The van der Waals surface area contributed by atoms with Crippen molar-refractivity contribution in [3.63, 3.8) is 0 Å². The van der Waals surface area contributed by atoms with E-state index >= 15 is 0 Å². The quantitative estimate of drug-likeness (QED) is 0.638. The van der Waals surface area contributed by atoms with Crippen molar-refractivity contribution in [2.45, 2.75) is 23.0 Å². The molecular formula is C19H17NO2S. The summed E-state index contributed by atoms with van der Waals surface area (Å²) in [4.78, 5) is 5.69. The first kappa shape index (κ1) is 14.4. The molecule has 0 N–H and O–H groups in total. The Labute approximate surface area is 139 Å². The van der Waals surface area contributed by atoms with Gasteiger partial charge in [-0.3, -0.25) is 4.98 Å². The first-order valence-electron chi connectivity index (χ1n) is 7.69. The molecule has 4 heteroatoms. The highest BCUT2D eigenvalue weighted by atomic mass is 32.2. The van der Waals surface area contributed by atoms with Gasteiger partial charge < -0.3 is 9.47 Å². The monoisotopic (exact) mass is 323 g/mol. The largest absolute Gasteiger partial charge is 0.497 e. The van der Waals surface area contributed by atoms with Gasteiger partial charge in [-0.25, -0.2) is 0 Å². The molecule has 3 aromatic rings. The maximum atomic E-state index is 6.05. The maximum absolute atomic E-state index is 6.05. The molecule has 1 saturated carbocycles. The lowest BCUT2D eigenvalue weighted by Gasteiger charge is -2.10. The fraction of sp³-hybridized carbons (Fsp3) is 0.211. The third-order valence-corrected chi connectivity index (χ3v) is 5.14. The summed E-state index contributed by atoms with van der Waals surface area (Å²) in [5.41, 5.74) is 0.864. The van der Waals surface area contributed by atoms with Gasteiger partial charge in [0.05, 0.1) is 12.6 Å². The zero-order chi connectivity index (χ0) is 15.6. The molecule has 0 bridgehead atoms. The number of pyridine rings is 1. The van der Waals surface area contributed by atoms with E-state index in [-0.39, 0.29) is 0 Å². The zero-order valence-electron chi connectivity index (χ0n) is 12.9. The first-order valence-corrected chi connectivity index (χ1v) is 8.57. The van der Waals surface area contributed by atoms with Crippen LogP contribution in [0.15, 0.2) is 59.6 Å². The number of rotatable bonds is 5. The van der Waals surface area contributed by atoms with Crippen molar-refractivity contribution >= 4 is 22.7 Å². The van der Waals surface area contributed by atoms with Gasteiger partial charge in [-0.05, 0) is 55.3 Å². The molecule has 3 nitrogen and oxygen atoms in total. The minimum absolute atomic E-state index is 0.795. The molecule has 0 unspecified atom stereocenters. The van der Waals surface area contributed by atoms with Gasteiger partial charge in [0.15, 0.2) is 0 Å². The van der Waals surface area contributed by atoms with Crippen molar-refractivity contribution in [1.82, 2.24) is 4.98 Å². The molecule has 4 rings (SSSR count). The first-order chi connectivity index (χ1) is 11.3. The molecule has 116 valence electrons. The van der Waals surface area contributed by atoms with Crippen LogP contribution >= 0.6 is 11.8 Å². The van der Waals surface area contributed by atoms with E-state index in [0.717, 1.165) is 33.4 Å². The number of thioether (sulfide) groups is 1. The second kappa shape index (κ2) is 6.13. The summed E-state index contributed by atoms with van der Waals surface area (Å²) in [7, 11) is 1.66. The van der Waals surface area contributed by atoms with Crippen LogP contribution in [0.4, 0.5) is 0 Å². The smallest absolute Gasteiger partial charge is 0.138 e. The van der Waals surface area contributed by atoms with E-state index in [4.69, 9.17) is 9.47 Å². The molecule has 0 aliphatic heterocycles. The predicted octanol–water partition coefficient (Wildman–Crippen LogP) is 5.29. The average Bonchev–Trinajstić information content (AvgIpc) is 3.40. The van der Waals surface area contributed by atoms with Gasteiger partial charge in [-0.2, -0.15) is 0 Å². The fourth-order valence-corrected chi connectivity index (χ4v) is 3.46. The Hall–Kier alpha value is -2.20. The molecule has 0 saturated heterocycles. The van der Waals surface area contributed by atoms with E-state index in [2.05, 4.69) is 17.1 Å². The molecule has 1 aromatic heterocycles. The summed E-state index contributed by atoms with van der Waals surface area (Å²) < 4.78 is 11.3. The molecule has 0 amide bonds. The molecule has 0 radical (unpaired) electrons. The summed E-state index contributed by atoms with van der Waals surface area (Å²) in [5, 5.41) is 1.80. The summed E-state index contributed by atoms with van der Waals surface area (Å²) in [6.07, 6.45) is 4.44. The van der Waals surface area contributed by atoms with Crippen LogP contribution in [-0.4, -0.2) is 17.3 Å². The van der Waals surface area contributed by atoms with Gasteiger partial charge in [-0.1, -0.05) is 0 Å². The normalized spacial score (nSPS) is 14.0. The molecule has 1 fully saturated rings. The van der Waals surface area contributed by atoms with Crippen LogP contribution in [0.25, 0.3) is 10.9 Å². The molecule has 1 aliphatic rings. The van der Waals surface area contributed by atoms with Gasteiger partial charge in [0.2, 0.25) is 0 Å². The summed E-state index contributed by atoms with van der Waals surface area (Å²) >= 11 is 1.95.